The number of halogens is 3. The lowest BCUT2D eigenvalue weighted by Crippen LogP contribution is -2.15. The van der Waals surface area contributed by atoms with Crippen molar-refractivity contribution in [1.29, 1.82) is 0 Å². The quantitative estimate of drug-likeness (QED) is 0.845. The molecule has 2 aromatic rings. The van der Waals surface area contributed by atoms with Crippen LogP contribution in [0.15, 0.2) is 42.5 Å². The number of amides is 1. The summed E-state index contributed by atoms with van der Waals surface area (Å²) >= 11 is 5.83. The van der Waals surface area contributed by atoms with E-state index in [-0.39, 0.29) is 27.7 Å². The van der Waals surface area contributed by atoms with Crippen molar-refractivity contribution in [2.75, 3.05) is 11.1 Å². The third-order valence-electron chi connectivity index (χ3n) is 2.65. The predicted molar refractivity (Wildman–Crippen MR) is 76.9 cm³/mol. The predicted octanol–water partition coefficient (Wildman–Crippen LogP) is 3.78. The van der Waals surface area contributed by atoms with Crippen LogP contribution in [0.5, 0.6) is 5.75 Å². The summed E-state index contributed by atoms with van der Waals surface area (Å²) in [7, 11) is 0. The molecule has 0 radical (unpaired) electrons. The lowest BCUT2D eigenvalue weighted by Gasteiger charge is -2.12. The van der Waals surface area contributed by atoms with Crippen molar-refractivity contribution < 1.29 is 18.3 Å². The van der Waals surface area contributed by atoms with Gasteiger partial charge < -0.3 is 15.8 Å². The number of alkyl halides is 2. The molecule has 0 aliphatic carbocycles. The maximum Gasteiger partial charge on any atom is 0.387 e. The van der Waals surface area contributed by atoms with Gasteiger partial charge >= 0.3 is 6.61 Å². The van der Waals surface area contributed by atoms with Crippen molar-refractivity contribution in [1.82, 2.24) is 0 Å². The van der Waals surface area contributed by atoms with Gasteiger partial charge in [0.25, 0.3) is 5.91 Å². The van der Waals surface area contributed by atoms with E-state index < -0.39 is 12.5 Å². The van der Waals surface area contributed by atoms with Crippen LogP contribution < -0.4 is 15.8 Å². The highest BCUT2D eigenvalue weighted by Crippen LogP contribution is 2.28. The van der Waals surface area contributed by atoms with Crippen molar-refractivity contribution in [3.05, 3.63) is 53.1 Å². The zero-order valence-corrected chi connectivity index (χ0v) is 11.4. The first-order valence-electron chi connectivity index (χ1n) is 5.88. The topological polar surface area (TPSA) is 64.4 Å². The van der Waals surface area contributed by atoms with Gasteiger partial charge in [0.05, 0.1) is 22.0 Å². The highest BCUT2D eigenvalue weighted by atomic mass is 35.5. The first kappa shape index (κ1) is 15.1. The largest absolute Gasteiger partial charge is 0.433 e. The van der Waals surface area contributed by atoms with Gasteiger partial charge in [0.15, 0.2) is 0 Å². The number of para-hydroxylation sites is 3. The summed E-state index contributed by atoms with van der Waals surface area (Å²) in [6.45, 7) is -2.99. The van der Waals surface area contributed by atoms with Gasteiger partial charge in [-0.05, 0) is 24.3 Å². The lowest BCUT2D eigenvalue weighted by atomic mass is 10.1. The Morgan fingerprint density at radius 3 is 2.62 bits per heavy atom. The SMILES string of the molecule is Nc1c(Cl)cccc1C(=O)Nc1ccccc1OC(F)F. The maximum absolute atomic E-state index is 12.3. The fourth-order valence-corrected chi connectivity index (χ4v) is 1.87. The molecule has 4 nitrogen and oxygen atoms in total. The van der Waals surface area contributed by atoms with Crippen LogP contribution in [0.1, 0.15) is 10.4 Å². The third kappa shape index (κ3) is 3.61. The molecule has 0 aliphatic rings. The van der Waals surface area contributed by atoms with Crippen LogP contribution in [0.3, 0.4) is 0 Å². The zero-order chi connectivity index (χ0) is 15.4. The van der Waals surface area contributed by atoms with Crippen LogP contribution in [0.2, 0.25) is 5.02 Å². The Balaban J connectivity index is 2.26. The molecule has 0 heterocycles. The molecule has 0 saturated carbocycles. The molecule has 2 rings (SSSR count). The molecular weight excluding hydrogens is 302 g/mol. The van der Waals surface area contributed by atoms with E-state index in [1.54, 1.807) is 18.2 Å². The third-order valence-corrected chi connectivity index (χ3v) is 2.98. The Morgan fingerprint density at radius 1 is 1.19 bits per heavy atom. The number of hydrogen-bond donors (Lipinski definition) is 2. The summed E-state index contributed by atoms with van der Waals surface area (Å²) in [6, 6.07) is 10.4. The van der Waals surface area contributed by atoms with Crippen molar-refractivity contribution in [3.8, 4) is 5.75 Å². The highest BCUT2D eigenvalue weighted by Gasteiger charge is 2.15. The van der Waals surface area contributed by atoms with Gasteiger partial charge in [-0.3, -0.25) is 4.79 Å². The smallest absolute Gasteiger partial charge is 0.387 e. The molecule has 7 heteroatoms. The molecule has 0 spiro atoms. The second kappa shape index (κ2) is 6.41. The molecule has 0 aromatic heterocycles. The second-order valence-corrected chi connectivity index (χ2v) is 4.44. The first-order chi connectivity index (χ1) is 9.99. The Bertz CT molecular complexity index is 665. The van der Waals surface area contributed by atoms with Crippen LogP contribution >= 0.6 is 11.6 Å². The zero-order valence-electron chi connectivity index (χ0n) is 10.6. The second-order valence-electron chi connectivity index (χ2n) is 4.03. The average molecular weight is 313 g/mol. The van der Waals surface area contributed by atoms with Crippen LogP contribution in [-0.2, 0) is 0 Å². The van der Waals surface area contributed by atoms with Gasteiger partial charge in [-0.2, -0.15) is 8.78 Å². The minimum Gasteiger partial charge on any atom is -0.433 e. The summed E-state index contributed by atoms with van der Waals surface area (Å²) in [4.78, 5) is 12.1. The van der Waals surface area contributed by atoms with Crippen molar-refractivity contribution >= 4 is 28.9 Å². The van der Waals surface area contributed by atoms with Gasteiger partial charge in [0.2, 0.25) is 0 Å². The molecule has 0 fully saturated rings. The van der Waals surface area contributed by atoms with Crippen LogP contribution in [0.4, 0.5) is 20.2 Å². The van der Waals surface area contributed by atoms with E-state index in [0.717, 1.165) is 0 Å². The van der Waals surface area contributed by atoms with E-state index in [2.05, 4.69) is 10.1 Å². The number of nitrogens with one attached hydrogen (secondary N) is 1. The van der Waals surface area contributed by atoms with Gasteiger partial charge in [-0.15, -0.1) is 0 Å². The average Bonchev–Trinajstić information content (AvgIpc) is 2.43. The number of ether oxygens (including phenoxy) is 1. The standard InChI is InChI=1S/C14H11ClF2N2O2/c15-9-5-3-4-8(12(9)18)13(20)19-10-6-1-2-7-11(10)21-14(16)17/h1-7,14H,18H2,(H,19,20). The van der Waals surface area contributed by atoms with Gasteiger partial charge in [-0.25, -0.2) is 0 Å². The molecular formula is C14H11ClF2N2O2. The Kier molecular flexibility index (Phi) is 4.59. The van der Waals surface area contributed by atoms with Crippen LogP contribution in [0.25, 0.3) is 0 Å². The molecule has 110 valence electrons. The highest BCUT2D eigenvalue weighted by molar-refractivity contribution is 6.34. The Hall–Kier alpha value is -2.34. The number of benzene rings is 2. The van der Waals surface area contributed by atoms with Gasteiger partial charge in [-0.1, -0.05) is 29.8 Å². The molecule has 1 amide bonds. The number of anilines is 2. The van der Waals surface area contributed by atoms with Crippen molar-refractivity contribution in [2.24, 2.45) is 0 Å². The number of nitrogen functional groups attached to an aromatic ring is 1. The van der Waals surface area contributed by atoms with Crippen molar-refractivity contribution in [2.45, 2.75) is 6.61 Å². The fraction of sp³-hybridized carbons (Fsp3) is 0.0714. The van der Waals surface area contributed by atoms with Crippen molar-refractivity contribution in [3.63, 3.8) is 0 Å². The van der Waals surface area contributed by atoms with Crippen LogP contribution in [-0.4, -0.2) is 12.5 Å². The molecule has 2 aromatic carbocycles. The minimum absolute atomic E-state index is 0.113. The molecule has 0 bridgehead atoms. The molecule has 0 saturated heterocycles. The fourth-order valence-electron chi connectivity index (χ4n) is 1.69. The summed E-state index contributed by atoms with van der Waals surface area (Å²) in [5, 5.41) is 2.70. The molecule has 3 N–H and O–H groups in total. The number of rotatable bonds is 4. The van der Waals surface area contributed by atoms with E-state index in [1.807, 2.05) is 0 Å². The number of carbonyl (C=O) groups excluding carboxylic acids is 1. The Morgan fingerprint density at radius 2 is 1.90 bits per heavy atom. The van der Waals surface area contributed by atoms with E-state index in [4.69, 9.17) is 17.3 Å². The van der Waals surface area contributed by atoms with Crippen LogP contribution in [0, 0.1) is 0 Å². The monoisotopic (exact) mass is 312 g/mol. The van der Waals surface area contributed by atoms with E-state index in [0.29, 0.717) is 0 Å². The minimum atomic E-state index is -2.99. The van der Waals surface area contributed by atoms with Gasteiger partial charge in [0, 0.05) is 0 Å². The molecule has 0 atom stereocenters. The van der Waals surface area contributed by atoms with E-state index in [9.17, 15) is 13.6 Å². The van der Waals surface area contributed by atoms with E-state index >= 15 is 0 Å². The lowest BCUT2D eigenvalue weighted by molar-refractivity contribution is -0.0493. The van der Waals surface area contributed by atoms with Gasteiger partial charge in [0.1, 0.15) is 5.75 Å². The summed E-state index contributed by atoms with van der Waals surface area (Å²) in [5.41, 5.74) is 6.09. The number of carbonyl (C=O) groups is 1. The number of hydrogen-bond acceptors (Lipinski definition) is 3. The molecule has 21 heavy (non-hydrogen) atoms. The summed E-state index contributed by atoms with van der Waals surface area (Å²) in [5.74, 6) is -0.707. The maximum atomic E-state index is 12.3. The number of nitrogens with two attached hydrogens (primary N) is 1. The summed E-state index contributed by atoms with van der Waals surface area (Å²) < 4.78 is 28.9. The van der Waals surface area contributed by atoms with E-state index in [1.165, 1.54) is 24.3 Å². The normalized spacial score (nSPS) is 10.5. The Labute approximate surface area is 124 Å². The summed E-state index contributed by atoms with van der Waals surface area (Å²) in [6.07, 6.45) is 0. The molecule has 0 unspecified atom stereocenters. The molecule has 0 aliphatic heterocycles. The first-order valence-corrected chi connectivity index (χ1v) is 6.26.